The van der Waals surface area contributed by atoms with Gasteiger partial charge in [0.2, 0.25) is 21.8 Å². The Morgan fingerprint density at radius 1 is 1.28 bits per heavy atom. The summed E-state index contributed by atoms with van der Waals surface area (Å²) >= 11 is 0. The van der Waals surface area contributed by atoms with E-state index in [9.17, 15) is 18.0 Å². The van der Waals surface area contributed by atoms with E-state index in [1.165, 1.54) is 25.1 Å². The second kappa shape index (κ2) is 8.31. The minimum atomic E-state index is -3.66. The molecule has 1 aromatic carbocycles. The number of carbonyl (C=O) groups excluding carboxylic acids is 2. The minimum Gasteiger partial charge on any atom is -0.358 e. The summed E-state index contributed by atoms with van der Waals surface area (Å²) < 4.78 is 26.4. The predicted octanol–water partition coefficient (Wildman–Crippen LogP) is 1.56. The molecule has 0 radical (unpaired) electrons. The van der Waals surface area contributed by atoms with Crippen LogP contribution < -0.4 is 15.1 Å². The van der Waals surface area contributed by atoms with Gasteiger partial charge < -0.3 is 10.2 Å². The van der Waals surface area contributed by atoms with Crippen molar-refractivity contribution >= 4 is 33.2 Å². The van der Waals surface area contributed by atoms with Crippen molar-refractivity contribution in [1.82, 2.24) is 9.62 Å². The van der Waals surface area contributed by atoms with E-state index >= 15 is 0 Å². The van der Waals surface area contributed by atoms with E-state index in [0.717, 1.165) is 42.2 Å². The molecule has 0 aromatic heterocycles. The van der Waals surface area contributed by atoms with Gasteiger partial charge in [0.1, 0.15) is 12.6 Å². The number of carbonyl (C=O) groups is 2. The summed E-state index contributed by atoms with van der Waals surface area (Å²) in [5, 5.41) is 2.89. The quantitative estimate of drug-likeness (QED) is 0.751. The summed E-state index contributed by atoms with van der Waals surface area (Å²) in [5.74, 6) is -0.389. The molecule has 2 heterocycles. The van der Waals surface area contributed by atoms with E-state index in [-0.39, 0.29) is 35.3 Å². The molecular weight excluding hydrogens is 392 g/mol. The van der Waals surface area contributed by atoms with Crippen molar-refractivity contribution < 1.29 is 18.0 Å². The number of fused-ring (bicyclic) bond motifs is 3. The molecule has 0 aliphatic carbocycles. The Bertz CT molecular complexity index is 900. The molecular formula is C20H30N4O4S. The number of hydrogen-bond donors (Lipinski definition) is 1. The predicted molar refractivity (Wildman–Crippen MR) is 113 cm³/mol. The maximum absolute atomic E-state index is 13.3. The van der Waals surface area contributed by atoms with Crippen molar-refractivity contribution in [1.29, 1.82) is 0 Å². The number of rotatable bonds is 6. The number of anilines is 2. The summed E-state index contributed by atoms with van der Waals surface area (Å²) in [6.45, 7) is 4.52. The van der Waals surface area contributed by atoms with Crippen LogP contribution in [-0.2, 0) is 19.6 Å². The lowest BCUT2D eigenvalue weighted by molar-refractivity contribution is -0.125. The monoisotopic (exact) mass is 422 g/mol. The van der Waals surface area contributed by atoms with Gasteiger partial charge in [-0.2, -0.15) is 0 Å². The van der Waals surface area contributed by atoms with Crippen molar-refractivity contribution in [2.45, 2.75) is 56.5 Å². The molecule has 29 heavy (non-hydrogen) atoms. The first-order chi connectivity index (χ1) is 13.7. The van der Waals surface area contributed by atoms with Crippen molar-refractivity contribution in [3.8, 4) is 0 Å². The molecule has 1 fully saturated rings. The zero-order chi connectivity index (χ0) is 21.3. The Kier molecular flexibility index (Phi) is 6.19. The number of amides is 2. The molecule has 160 valence electrons. The van der Waals surface area contributed by atoms with Crippen LogP contribution in [0.25, 0.3) is 0 Å². The van der Waals surface area contributed by atoms with Crippen LogP contribution in [0.3, 0.4) is 0 Å². The van der Waals surface area contributed by atoms with Gasteiger partial charge in [0, 0.05) is 26.7 Å². The van der Waals surface area contributed by atoms with E-state index in [4.69, 9.17) is 0 Å². The summed E-state index contributed by atoms with van der Waals surface area (Å²) in [7, 11) is -0.715. The second-order valence-electron chi connectivity index (χ2n) is 7.94. The molecule has 2 amide bonds. The number of nitrogens with zero attached hydrogens (tertiary/aromatic N) is 3. The Morgan fingerprint density at radius 2 is 2.00 bits per heavy atom. The first-order valence-corrected chi connectivity index (χ1v) is 11.5. The maximum Gasteiger partial charge on any atom is 0.250 e. The molecule has 2 atom stereocenters. The van der Waals surface area contributed by atoms with Crippen molar-refractivity contribution in [3.63, 3.8) is 0 Å². The highest BCUT2D eigenvalue weighted by Crippen LogP contribution is 2.40. The van der Waals surface area contributed by atoms with Gasteiger partial charge in [0.25, 0.3) is 0 Å². The van der Waals surface area contributed by atoms with Gasteiger partial charge >= 0.3 is 0 Å². The first kappa shape index (κ1) is 21.6. The van der Waals surface area contributed by atoms with Crippen LogP contribution in [0.4, 0.5) is 11.4 Å². The Labute approximate surface area is 172 Å². The van der Waals surface area contributed by atoms with E-state index in [2.05, 4.69) is 10.2 Å². The number of nitrogens with one attached hydrogen (secondary N) is 1. The molecule has 2 aliphatic heterocycles. The third kappa shape index (κ3) is 4.11. The summed E-state index contributed by atoms with van der Waals surface area (Å²) in [6.07, 6.45) is 3.47. The van der Waals surface area contributed by atoms with Crippen molar-refractivity contribution in [2.75, 3.05) is 37.0 Å². The molecule has 0 saturated carbocycles. The van der Waals surface area contributed by atoms with Crippen LogP contribution in [0.2, 0.25) is 0 Å². The lowest BCUT2D eigenvalue weighted by atomic mass is 9.96. The normalized spacial score (nSPS) is 20.3. The highest BCUT2D eigenvalue weighted by molar-refractivity contribution is 7.89. The number of piperidine rings is 1. The third-order valence-corrected chi connectivity index (χ3v) is 7.51. The van der Waals surface area contributed by atoms with Crippen LogP contribution in [0.1, 0.15) is 39.5 Å². The molecule has 0 unspecified atom stereocenters. The van der Waals surface area contributed by atoms with Crippen LogP contribution in [-0.4, -0.2) is 63.8 Å². The molecule has 2 aliphatic rings. The third-order valence-electron chi connectivity index (χ3n) is 5.70. The first-order valence-electron chi connectivity index (χ1n) is 10.1. The van der Waals surface area contributed by atoms with E-state index < -0.39 is 10.0 Å². The van der Waals surface area contributed by atoms with Crippen LogP contribution >= 0.6 is 0 Å². The fraction of sp³-hybridized carbons (Fsp3) is 0.600. The van der Waals surface area contributed by atoms with Gasteiger partial charge in [0.15, 0.2) is 0 Å². The smallest absolute Gasteiger partial charge is 0.250 e. The molecule has 0 bridgehead atoms. The zero-order valence-corrected chi connectivity index (χ0v) is 18.3. The standard InChI is InChI=1S/C20H30N4O4S/c1-5-14(2)21-19(25)13-24-18-12-15(29(27,28)22(3)4)9-10-16(18)23-11-7-6-8-17(23)20(24)26/h9-10,12,14,17H,5-8,11,13H2,1-4H3,(H,21,25)/t14-,17-/m0/s1. The Morgan fingerprint density at radius 3 is 2.66 bits per heavy atom. The van der Waals surface area contributed by atoms with Gasteiger partial charge in [-0.05, 0) is 50.8 Å². The number of hydrogen-bond acceptors (Lipinski definition) is 5. The lowest BCUT2D eigenvalue weighted by Gasteiger charge is -2.45. The number of sulfonamides is 1. The van der Waals surface area contributed by atoms with Crippen molar-refractivity contribution in [2.24, 2.45) is 0 Å². The average molecular weight is 423 g/mol. The lowest BCUT2D eigenvalue weighted by Crippen LogP contribution is -2.57. The largest absolute Gasteiger partial charge is 0.358 e. The maximum atomic E-state index is 13.3. The van der Waals surface area contributed by atoms with E-state index in [1.54, 1.807) is 12.1 Å². The van der Waals surface area contributed by atoms with Gasteiger partial charge in [-0.1, -0.05) is 6.92 Å². The molecule has 8 nitrogen and oxygen atoms in total. The topological polar surface area (TPSA) is 90.0 Å². The number of benzene rings is 1. The molecule has 0 spiro atoms. The molecule has 9 heteroatoms. The molecule has 1 saturated heterocycles. The Balaban J connectivity index is 2.04. The SMILES string of the molecule is CC[C@H](C)NC(=O)CN1C(=O)[C@@H]2CCCCN2c2ccc(S(=O)(=O)N(C)C)cc21. The van der Waals surface area contributed by atoms with Crippen molar-refractivity contribution in [3.05, 3.63) is 18.2 Å². The molecule has 1 aromatic rings. The highest BCUT2D eigenvalue weighted by Gasteiger charge is 2.40. The van der Waals surface area contributed by atoms with Crippen LogP contribution in [0.5, 0.6) is 0 Å². The van der Waals surface area contributed by atoms with Crippen LogP contribution in [0.15, 0.2) is 23.1 Å². The molecule has 1 N–H and O–H groups in total. The zero-order valence-electron chi connectivity index (χ0n) is 17.5. The van der Waals surface area contributed by atoms with E-state index in [1.807, 2.05) is 13.8 Å². The van der Waals surface area contributed by atoms with E-state index in [0.29, 0.717) is 5.69 Å². The van der Waals surface area contributed by atoms with Gasteiger partial charge in [-0.15, -0.1) is 0 Å². The second-order valence-corrected chi connectivity index (χ2v) is 10.1. The summed E-state index contributed by atoms with van der Waals surface area (Å²) in [6, 6.07) is 4.56. The van der Waals surface area contributed by atoms with Gasteiger partial charge in [0.05, 0.1) is 16.3 Å². The van der Waals surface area contributed by atoms with Gasteiger partial charge in [-0.3, -0.25) is 14.5 Å². The average Bonchev–Trinajstić information content (AvgIpc) is 2.70. The summed E-state index contributed by atoms with van der Waals surface area (Å²) in [4.78, 5) is 29.4. The fourth-order valence-electron chi connectivity index (χ4n) is 3.84. The Hall–Kier alpha value is -2.13. The highest BCUT2D eigenvalue weighted by atomic mass is 32.2. The molecule has 3 rings (SSSR count). The fourth-order valence-corrected chi connectivity index (χ4v) is 4.76. The van der Waals surface area contributed by atoms with Gasteiger partial charge in [-0.25, -0.2) is 12.7 Å². The minimum absolute atomic E-state index is 0.00787. The van der Waals surface area contributed by atoms with Crippen LogP contribution in [0, 0.1) is 0 Å². The summed E-state index contributed by atoms with van der Waals surface area (Å²) in [5.41, 5.74) is 1.29.